The van der Waals surface area contributed by atoms with Crippen molar-refractivity contribution in [3.63, 3.8) is 0 Å². The number of likely N-dealkylation sites (tertiary alicyclic amines) is 1. The molecule has 0 radical (unpaired) electrons. The summed E-state index contributed by atoms with van der Waals surface area (Å²) in [4.78, 5) is 27.6. The van der Waals surface area contributed by atoms with Gasteiger partial charge in [-0.2, -0.15) is 0 Å². The van der Waals surface area contributed by atoms with Crippen molar-refractivity contribution in [1.29, 1.82) is 0 Å². The first-order valence-corrected chi connectivity index (χ1v) is 8.55. The first-order valence-electron chi connectivity index (χ1n) is 8.55. The van der Waals surface area contributed by atoms with Crippen LogP contribution in [-0.4, -0.2) is 42.8 Å². The summed E-state index contributed by atoms with van der Waals surface area (Å²) in [7, 11) is 2.13. The Labute approximate surface area is 138 Å². The highest BCUT2D eigenvalue weighted by Crippen LogP contribution is 2.31. The summed E-state index contributed by atoms with van der Waals surface area (Å²) in [5.41, 5.74) is 2.98. The summed E-state index contributed by atoms with van der Waals surface area (Å²) in [6.07, 6.45) is 3.02. The molecule has 1 aromatic rings. The van der Waals surface area contributed by atoms with Crippen LogP contribution in [-0.2, 0) is 9.59 Å². The Kier molecular flexibility index (Phi) is 4.53. The van der Waals surface area contributed by atoms with Crippen molar-refractivity contribution >= 4 is 11.7 Å². The zero-order valence-corrected chi connectivity index (χ0v) is 14.3. The molecule has 2 aliphatic rings. The molecular formula is C19H26N2O2. The summed E-state index contributed by atoms with van der Waals surface area (Å²) in [5.74, 6) is -0.145. The van der Waals surface area contributed by atoms with Crippen molar-refractivity contribution < 1.29 is 9.59 Å². The standard InChI is InChI=1S/C19H26N2O2/c1-12-4-5-13(2)15(10-12)17-18(22)16(20-19(17)23)11-14-6-8-21(3)9-7-14/h4-5,10,14,16-17H,6-9,11H2,1-3H3,(H,20,23). The van der Waals surface area contributed by atoms with Gasteiger partial charge in [0.1, 0.15) is 5.92 Å². The van der Waals surface area contributed by atoms with E-state index >= 15 is 0 Å². The van der Waals surface area contributed by atoms with Gasteiger partial charge in [-0.15, -0.1) is 0 Å². The van der Waals surface area contributed by atoms with Gasteiger partial charge in [-0.3, -0.25) is 9.59 Å². The summed E-state index contributed by atoms with van der Waals surface area (Å²) in [6.45, 7) is 6.13. The number of carbonyl (C=O) groups is 2. The Hall–Kier alpha value is -1.68. The van der Waals surface area contributed by atoms with E-state index in [1.165, 1.54) is 0 Å². The Morgan fingerprint density at radius 1 is 1.17 bits per heavy atom. The molecule has 124 valence electrons. The van der Waals surface area contributed by atoms with E-state index in [1.807, 2.05) is 32.0 Å². The Morgan fingerprint density at radius 2 is 1.87 bits per heavy atom. The fourth-order valence-corrected chi connectivity index (χ4v) is 3.83. The lowest BCUT2D eigenvalue weighted by Gasteiger charge is -2.30. The van der Waals surface area contributed by atoms with Gasteiger partial charge in [-0.1, -0.05) is 23.8 Å². The normalized spacial score (nSPS) is 26.6. The Bertz CT molecular complexity index is 618. The molecule has 2 unspecified atom stereocenters. The molecule has 0 bridgehead atoms. The van der Waals surface area contributed by atoms with Crippen LogP contribution in [0.1, 0.15) is 41.9 Å². The summed E-state index contributed by atoms with van der Waals surface area (Å²) in [5, 5.41) is 2.96. The predicted octanol–water partition coefficient (Wildman–Crippen LogP) is 2.19. The topological polar surface area (TPSA) is 49.4 Å². The van der Waals surface area contributed by atoms with E-state index in [9.17, 15) is 9.59 Å². The van der Waals surface area contributed by atoms with Gasteiger partial charge in [-0.05, 0) is 70.3 Å². The third kappa shape index (κ3) is 3.32. The van der Waals surface area contributed by atoms with E-state index in [0.29, 0.717) is 5.92 Å². The van der Waals surface area contributed by atoms with Gasteiger partial charge >= 0.3 is 0 Å². The van der Waals surface area contributed by atoms with Crippen LogP contribution in [0.25, 0.3) is 0 Å². The van der Waals surface area contributed by atoms with Gasteiger partial charge in [0.15, 0.2) is 5.78 Å². The number of amides is 1. The molecule has 2 fully saturated rings. The summed E-state index contributed by atoms with van der Waals surface area (Å²) < 4.78 is 0. The van der Waals surface area contributed by atoms with E-state index in [4.69, 9.17) is 0 Å². The van der Waals surface area contributed by atoms with Crippen LogP contribution in [0.2, 0.25) is 0 Å². The van der Waals surface area contributed by atoms with Crippen LogP contribution in [0.5, 0.6) is 0 Å². The van der Waals surface area contributed by atoms with Crippen molar-refractivity contribution in [2.24, 2.45) is 5.92 Å². The van der Waals surface area contributed by atoms with Crippen molar-refractivity contribution in [2.45, 2.75) is 45.1 Å². The monoisotopic (exact) mass is 314 g/mol. The van der Waals surface area contributed by atoms with E-state index in [1.54, 1.807) is 0 Å². The number of benzene rings is 1. The third-order valence-corrected chi connectivity index (χ3v) is 5.36. The van der Waals surface area contributed by atoms with Gasteiger partial charge in [0.25, 0.3) is 0 Å². The largest absolute Gasteiger partial charge is 0.345 e. The highest BCUT2D eigenvalue weighted by atomic mass is 16.2. The molecule has 2 heterocycles. The predicted molar refractivity (Wildman–Crippen MR) is 90.4 cm³/mol. The number of nitrogens with zero attached hydrogens (tertiary/aromatic N) is 1. The zero-order chi connectivity index (χ0) is 16.6. The van der Waals surface area contributed by atoms with Crippen molar-refractivity contribution in [2.75, 3.05) is 20.1 Å². The second-order valence-corrected chi connectivity index (χ2v) is 7.24. The lowest BCUT2D eigenvalue weighted by atomic mass is 9.85. The molecule has 1 aromatic carbocycles. The molecule has 0 saturated carbocycles. The van der Waals surface area contributed by atoms with Crippen LogP contribution in [0.3, 0.4) is 0 Å². The van der Waals surface area contributed by atoms with Crippen molar-refractivity contribution in [3.8, 4) is 0 Å². The average molecular weight is 314 g/mol. The molecule has 0 aliphatic carbocycles. The number of piperidine rings is 1. The number of Topliss-reactive ketones (excluding diaryl/α,β-unsaturated/α-hetero) is 1. The van der Waals surface area contributed by atoms with Crippen molar-refractivity contribution in [1.82, 2.24) is 10.2 Å². The molecule has 2 atom stereocenters. The molecule has 0 spiro atoms. The van der Waals surface area contributed by atoms with E-state index in [2.05, 4.69) is 17.3 Å². The number of hydrogen-bond donors (Lipinski definition) is 1. The molecule has 23 heavy (non-hydrogen) atoms. The highest BCUT2D eigenvalue weighted by Gasteiger charge is 2.43. The number of rotatable bonds is 3. The molecule has 0 aromatic heterocycles. The van der Waals surface area contributed by atoms with E-state index in [0.717, 1.165) is 49.0 Å². The minimum Gasteiger partial charge on any atom is -0.345 e. The minimum absolute atomic E-state index is 0.0580. The molecule has 1 amide bonds. The van der Waals surface area contributed by atoms with Crippen LogP contribution in [0.4, 0.5) is 0 Å². The minimum atomic E-state index is -0.619. The molecule has 4 heteroatoms. The average Bonchev–Trinajstić information content (AvgIpc) is 2.78. The number of hydrogen-bond acceptors (Lipinski definition) is 3. The number of ketones is 1. The Morgan fingerprint density at radius 3 is 2.57 bits per heavy atom. The molecular weight excluding hydrogens is 288 g/mol. The fourth-order valence-electron chi connectivity index (χ4n) is 3.83. The highest BCUT2D eigenvalue weighted by molar-refractivity contribution is 6.15. The van der Waals surface area contributed by atoms with Crippen LogP contribution in [0, 0.1) is 19.8 Å². The lowest BCUT2D eigenvalue weighted by Crippen LogP contribution is -2.36. The summed E-state index contributed by atoms with van der Waals surface area (Å²) in [6, 6.07) is 5.69. The van der Waals surface area contributed by atoms with Gasteiger partial charge in [0.2, 0.25) is 5.91 Å². The number of nitrogens with one attached hydrogen (secondary N) is 1. The molecule has 2 aliphatic heterocycles. The second kappa shape index (κ2) is 6.44. The van der Waals surface area contributed by atoms with Crippen molar-refractivity contribution in [3.05, 3.63) is 34.9 Å². The van der Waals surface area contributed by atoms with E-state index in [-0.39, 0.29) is 17.7 Å². The first-order chi connectivity index (χ1) is 11.0. The maximum Gasteiger partial charge on any atom is 0.235 e. The maximum absolute atomic E-state index is 12.8. The SMILES string of the molecule is Cc1ccc(C)c(C2C(=O)NC(CC3CCN(C)CC3)C2=O)c1. The Balaban J connectivity index is 1.73. The number of carbonyl (C=O) groups excluding carboxylic acids is 2. The quantitative estimate of drug-likeness (QED) is 0.870. The zero-order valence-electron chi connectivity index (χ0n) is 14.3. The lowest BCUT2D eigenvalue weighted by molar-refractivity contribution is -0.124. The maximum atomic E-state index is 12.8. The fraction of sp³-hybridized carbons (Fsp3) is 0.579. The van der Waals surface area contributed by atoms with Crippen LogP contribution < -0.4 is 5.32 Å². The molecule has 1 N–H and O–H groups in total. The second-order valence-electron chi connectivity index (χ2n) is 7.24. The van der Waals surface area contributed by atoms with Gasteiger partial charge in [-0.25, -0.2) is 0 Å². The third-order valence-electron chi connectivity index (χ3n) is 5.36. The van der Waals surface area contributed by atoms with Crippen LogP contribution >= 0.6 is 0 Å². The first kappa shape index (κ1) is 16.2. The van der Waals surface area contributed by atoms with Gasteiger partial charge in [0, 0.05) is 0 Å². The smallest absolute Gasteiger partial charge is 0.235 e. The van der Waals surface area contributed by atoms with Crippen LogP contribution in [0.15, 0.2) is 18.2 Å². The van der Waals surface area contributed by atoms with E-state index < -0.39 is 5.92 Å². The molecule has 4 nitrogen and oxygen atoms in total. The summed E-state index contributed by atoms with van der Waals surface area (Å²) >= 11 is 0. The molecule has 2 saturated heterocycles. The number of aryl methyl sites for hydroxylation is 2. The van der Waals surface area contributed by atoms with Gasteiger partial charge < -0.3 is 10.2 Å². The molecule has 3 rings (SSSR count). The van der Waals surface area contributed by atoms with Gasteiger partial charge in [0.05, 0.1) is 6.04 Å².